The van der Waals surface area contributed by atoms with Crippen LogP contribution in [0.5, 0.6) is 0 Å². The van der Waals surface area contributed by atoms with E-state index in [1.165, 1.54) is 0 Å². The van der Waals surface area contributed by atoms with E-state index in [-0.39, 0.29) is 22.5 Å². The second-order valence-electron chi connectivity index (χ2n) is 12.6. The van der Waals surface area contributed by atoms with Gasteiger partial charge in [0, 0.05) is 16.7 Å². The Morgan fingerprint density at radius 3 is 1.77 bits per heavy atom. The number of Topliss-reactive ketones (excluding diaryl/α,β-unsaturated/α-hetero) is 1. The third kappa shape index (κ3) is 4.54. The van der Waals surface area contributed by atoms with Crippen molar-refractivity contribution < 1.29 is 9.59 Å². The van der Waals surface area contributed by atoms with Crippen LogP contribution in [0.15, 0.2) is 82.0 Å². The molecular weight excluding hydrogens is 432 g/mol. The molecule has 4 nitrogen and oxygen atoms in total. The number of ketones is 1. The van der Waals surface area contributed by atoms with E-state index in [0.717, 1.165) is 21.9 Å². The monoisotopic (exact) mass is 468 g/mol. The molecule has 0 saturated heterocycles. The molecule has 1 amide bonds. The number of carbonyl (C=O) groups is 2. The van der Waals surface area contributed by atoms with Gasteiger partial charge < -0.3 is 0 Å². The Morgan fingerprint density at radius 1 is 0.714 bits per heavy atom. The minimum Gasteiger partial charge on any atom is -0.289 e. The first-order chi connectivity index (χ1) is 16.1. The molecule has 2 aliphatic rings. The van der Waals surface area contributed by atoms with Gasteiger partial charge in [-0.1, -0.05) is 77.9 Å². The van der Waals surface area contributed by atoms with Crippen molar-refractivity contribution in [2.75, 3.05) is 0 Å². The normalized spacial score (nSPS) is 17.7. The molecule has 0 atom stereocenters. The highest BCUT2D eigenvalue weighted by molar-refractivity contribution is 6.32. The molecule has 0 spiro atoms. The van der Waals surface area contributed by atoms with Crippen molar-refractivity contribution in [2.24, 2.45) is 15.9 Å². The maximum absolute atomic E-state index is 13.9. The molecule has 0 saturated carbocycles. The van der Waals surface area contributed by atoms with Crippen molar-refractivity contribution in [3.05, 3.63) is 82.5 Å². The lowest BCUT2D eigenvalue weighted by Crippen LogP contribution is -2.39. The number of benzene rings is 2. The van der Waals surface area contributed by atoms with Gasteiger partial charge in [-0.2, -0.15) is 5.10 Å². The van der Waals surface area contributed by atoms with E-state index in [9.17, 15) is 9.59 Å². The summed E-state index contributed by atoms with van der Waals surface area (Å²) in [6.45, 7) is 18.2. The first-order valence-electron chi connectivity index (χ1n) is 12.2. The zero-order valence-electron chi connectivity index (χ0n) is 22.4. The fourth-order valence-corrected chi connectivity index (χ4v) is 4.54. The maximum atomic E-state index is 13.9. The SMILES string of the molecule is CC(C)(C)C1=CC(=C2C(=O)N(C(C)(C)C)N=C2c2ccc3ccccc3c2)C=C(C(C)(C)C)C1=O. The summed E-state index contributed by atoms with van der Waals surface area (Å²) in [7, 11) is 0. The van der Waals surface area contributed by atoms with E-state index in [1.807, 2.05) is 92.7 Å². The third-order valence-corrected chi connectivity index (χ3v) is 6.49. The molecule has 0 N–H and O–H groups in total. The Morgan fingerprint density at radius 2 is 1.26 bits per heavy atom. The Hall–Kier alpha value is -3.27. The Balaban J connectivity index is 2.03. The van der Waals surface area contributed by atoms with Gasteiger partial charge in [0.1, 0.15) is 5.71 Å². The van der Waals surface area contributed by atoms with Gasteiger partial charge in [-0.3, -0.25) is 9.59 Å². The van der Waals surface area contributed by atoms with Gasteiger partial charge in [-0.15, -0.1) is 0 Å². The fourth-order valence-electron chi connectivity index (χ4n) is 4.54. The molecule has 4 rings (SSSR count). The summed E-state index contributed by atoms with van der Waals surface area (Å²) in [4.78, 5) is 27.4. The summed E-state index contributed by atoms with van der Waals surface area (Å²) < 4.78 is 0. The van der Waals surface area contributed by atoms with Crippen molar-refractivity contribution in [1.29, 1.82) is 0 Å². The number of rotatable bonds is 1. The van der Waals surface area contributed by atoms with Crippen molar-refractivity contribution in [3.63, 3.8) is 0 Å². The Bertz CT molecular complexity index is 1330. The van der Waals surface area contributed by atoms with E-state index < -0.39 is 5.54 Å². The van der Waals surface area contributed by atoms with Crippen LogP contribution in [-0.2, 0) is 9.59 Å². The molecule has 0 bridgehead atoms. The highest BCUT2D eigenvalue weighted by atomic mass is 16.2. The van der Waals surface area contributed by atoms with Crippen LogP contribution in [0.3, 0.4) is 0 Å². The van der Waals surface area contributed by atoms with Gasteiger partial charge in [0.2, 0.25) is 0 Å². The van der Waals surface area contributed by atoms with Crippen molar-refractivity contribution >= 4 is 28.2 Å². The lowest BCUT2D eigenvalue weighted by Gasteiger charge is -2.32. The average molecular weight is 469 g/mol. The van der Waals surface area contributed by atoms with Gasteiger partial charge in [0.25, 0.3) is 5.91 Å². The number of fused-ring (bicyclic) bond motifs is 1. The van der Waals surface area contributed by atoms with Gasteiger partial charge in [0.15, 0.2) is 5.78 Å². The van der Waals surface area contributed by atoms with Crippen molar-refractivity contribution in [1.82, 2.24) is 5.01 Å². The lowest BCUT2D eigenvalue weighted by molar-refractivity contribution is -0.130. The van der Waals surface area contributed by atoms with Crippen LogP contribution in [-0.4, -0.2) is 27.9 Å². The topological polar surface area (TPSA) is 49.7 Å². The zero-order chi connectivity index (χ0) is 25.9. The second kappa shape index (κ2) is 8.15. The molecule has 0 unspecified atom stereocenters. The Kier molecular flexibility index (Phi) is 5.78. The molecule has 182 valence electrons. The molecule has 4 heteroatoms. The number of carbonyl (C=O) groups excluding carboxylic acids is 2. The number of amides is 1. The van der Waals surface area contributed by atoms with E-state index in [1.54, 1.807) is 5.01 Å². The largest absolute Gasteiger partial charge is 0.289 e. The van der Waals surface area contributed by atoms with Gasteiger partial charge >= 0.3 is 0 Å². The molecule has 35 heavy (non-hydrogen) atoms. The summed E-state index contributed by atoms with van der Waals surface area (Å²) >= 11 is 0. The highest BCUT2D eigenvalue weighted by Gasteiger charge is 2.41. The second-order valence-corrected chi connectivity index (χ2v) is 12.6. The number of hydrogen-bond acceptors (Lipinski definition) is 3. The van der Waals surface area contributed by atoms with Crippen LogP contribution in [0.25, 0.3) is 10.8 Å². The fraction of sp³-hybridized carbons (Fsp3) is 0.387. The Labute approximate surface area is 209 Å². The molecule has 2 aromatic carbocycles. The smallest absolute Gasteiger partial charge is 0.277 e. The number of nitrogens with zero attached hydrogens (tertiary/aromatic N) is 2. The van der Waals surface area contributed by atoms with Crippen LogP contribution in [0.4, 0.5) is 0 Å². The summed E-state index contributed by atoms with van der Waals surface area (Å²) in [6, 6.07) is 14.4. The minimum absolute atomic E-state index is 0.0525. The van der Waals surface area contributed by atoms with Crippen LogP contribution in [0.1, 0.15) is 67.9 Å². The van der Waals surface area contributed by atoms with Gasteiger partial charge in [-0.05, 0) is 66.2 Å². The van der Waals surface area contributed by atoms with Crippen LogP contribution in [0, 0.1) is 10.8 Å². The summed E-state index contributed by atoms with van der Waals surface area (Å²) in [6.07, 6.45) is 3.82. The molecule has 0 radical (unpaired) electrons. The molecule has 2 aromatic rings. The van der Waals surface area contributed by atoms with Crippen LogP contribution >= 0.6 is 0 Å². The highest BCUT2D eigenvalue weighted by Crippen LogP contribution is 2.41. The van der Waals surface area contributed by atoms with E-state index in [0.29, 0.717) is 22.4 Å². The predicted molar refractivity (Wildman–Crippen MR) is 144 cm³/mol. The number of hydrogen-bond donors (Lipinski definition) is 0. The third-order valence-electron chi connectivity index (χ3n) is 6.49. The predicted octanol–water partition coefficient (Wildman–Crippen LogP) is 7.01. The molecule has 1 aliphatic heterocycles. The van der Waals surface area contributed by atoms with E-state index in [2.05, 4.69) is 24.3 Å². The standard InChI is InChI=1S/C31H36N2O2/c1-29(2,3)23-17-22(18-24(27(23)34)30(4,5)6)25-26(32-33(28(25)35)31(7,8)9)21-15-14-19-12-10-11-13-20(19)16-21/h10-18H,1-9H3. The van der Waals surface area contributed by atoms with Crippen LogP contribution in [0.2, 0.25) is 0 Å². The molecule has 1 heterocycles. The van der Waals surface area contributed by atoms with Gasteiger partial charge in [-0.25, -0.2) is 5.01 Å². The van der Waals surface area contributed by atoms with E-state index >= 15 is 0 Å². The van der Waals surface area contributed by atoms with Gasteiger partial charge in [0.05, 0.1) is 11.1 Å². The first kappa shape index (κ1) is 24.8. The average Bonchev–Trinajstić information content (AvgIpc) is 3.09. The van der Waals surface area contributed by atoms with Crippen molar-refractivity contribution in [3.8, 4) is 0 Å². The minimum atomic E-state index is -0.487. The lowest BCUT2D eigenvalue weighted by atomic mass is 9.71. The van der Waals surface area contributed by atoms with E-state index in [4.69, 9.17) is 5.10 Å². The zero-order valence-corrected chi connectivity index (χ0v) is 22.4. The number of allylic oxidation sites excluding steroid dienone is 5. The molecule has 0 aromatic heterocycles. The quantitative estimate of drug-likeness (QED) is 0.423. The van der Waals surface area contributed by atoms with Crippen LogP contribution < -0.4 is 0 Å². The summed E-state index contributed by atoms with van der Waals surface area (Å²) in [5.41, 5.74) is 3.06. The maximum Gasteiger partial charge on any atom is 0.277 e. The number of hydrazone groups is 1. The molecule has 1 aliphatic carbocycles. The molecular formula is C31H36N2O2. The summed E-state index contributed by atoms with van der Waals surface area (Å²) in [5, 5.41) is 8.67. The molecule has 0 fully saturated rings. The summed E-state index contributed by atoms with van der Waals surface area (Å²) in [5.74, 6) is -0.0873. The van der Waals surface area contributed by atoms with Crippen molar-refractivity contribution in [2.45, 2.75) is 67.9 Å². The first-order valence-corrected chi connectivity index (χ1v) is 12.2.